The van der Waals surface area contributed by atoms with E-state index in [1.54, 1.807) is 24.7 Å². The molecular formula is C26H25N5O. The number of nitrogens with zero attached hydrogens (tertiary/aromatic N) is 5. The highest BCUT2D eigenvalue weighted by atomic mass is 16.2. The predicted octanol–water partition coefficient (Wildman–Crippen LogP) is 4.00. The van der Waals surface area contributed by atoms with Crippen molar-refractivity contribution in [2.45, 2.75) is 0 Å². The Morgan fingerprint density at radius 3 is 2.41 bits per heavy atom. The van der Waals surface area contributed by atoms with Crippen molar-refractivity contribution < 1.29 is 4.79 Å². The van der Waals surface area contributed by atoms with E-state index in [4.69, 9.17) is 0 Å². The summed E-state index contributed by atoms with van der Waals surface area (Å²) >= 11 is 0. The molecule has 0 saturated carbocycles. The average Bonchev–Trinajstić information content (AvgIpc) is 3.15. The molecule has 1 aliphatic heterocycles. The Kier molecular flexibility index (Phi) is 5.42. The molecule has 0 aliphatic carbocycles. The number of fused-ring (bicyclic) bond motifs is 1. The molecule has 32 heavy (non-hydrogen) atoms. The van der Waals surface area contributed by atoms with Crippen LogP contribution in [0.15, 0.2) is 79.3 Å². The topological polar surface area (TPSA) is 54.3 Å². The minimum Gasteiger partial charge on any atom is -0.368 e. The van der Waals surface area contributed by atoms with Crippen molar-refractivity contribution in [3.05, 3.63) is 84.8 Å². The maximum absolute atomic E-state index is 13.0. The minimum absolute atomic E-state index is 0.0410. The van der Waals surface area contributed by atoms with E-state index in [0.717, 1.165) is 46.6 Å². The number of carbonyl (C=O) groups is 1. The molecular weight excluding hydrogens is 398 g/mol. The third-order valence-corrected chi connectivity index (χ3v) is 6.04. The highest BCUT2D eigenvalue weighted by Gasteiger charge is 2.21. The Morgan fingerprint density at radius 2 is 1.66 bits per heavy atom. The third kappa shape index (κ3) is 3.75. The first-order valence-corrected chi connectivity index (χ1v) is 10.8. The molecule has 1 saturated heterocycles. The lowest BCUT2D eigenvalue weighted by molar-refractivity contribution is -0.126. The molecule has 6 nitrogen and oxygen atoms in total. The Bertz CT molecular complexity index is 1260. The number of rotatable bonds is 4. The summed E-state index contributed by atoms with van der Waals surface area (Å²) in [6, 6.07) is 18.3. The van der Waals surface area contributed by atoms with Gasteiger partial charge in [0.25, 0.3) is 0 Å². The standard InChI is InChI=1S/C26H25N5O/c1-29-25(20-6-3-2-4-7-20)22(23-8-5-13-28-26(23)29)9-10-24(32)31-18-16-30(17-19-31)21-11-14-27-15-12-21/h2-15H,16-19H2,1H3/b10-9+. The van der Waals surface area contributed by atoms with Gasteiger partial charge in [-0.05, 0) is 35.9 Å². The second-order valence-corrected chi connectivity index (χ2v) is 7.91. The summed E-state index contributed by atoms with van der Waals surface area (Å²) in [5, 5.41) is 1.04. The highest BCUT2D eigenvalue weighted by Crippen LogP contribution is 2.33. The van der Waals surface area contributed by atoms with Gasteiger partial charge in [0, 0.05) is 74.5 Å². The number of benzene rings is 1. The summed E-state index contributed by atoms with van der Waals surface area (Å²) < 4.78 is 2.10. The zero-order valence-electron chi connectivity index (χ0n) is 18.1. The van der Waals surface area contributed by atoms with Crippen molar-refractivity contribution in [2.75, 3.05) is 31.1 Å². The van der Waals surface area contributed by atoms with Crippen LogP contribution in [0.5, 0.6) is 0 Å². The van der Waals surface area contributed by atoms with Crippen LogP contribution < -0.4 is 4.90 Å². The van der Waals surface area contributed by atoms with Crippen LogP contribution in [0.2, 0.25) is 0 Å². The van der Waals surface area contributed by atoms with E-state index in [2.05, 4.69) is 37.6 Å². The van der Waals surface area contributed by atoms with E-state index in [1.165, 1.54) is 0 Å². The van der Waals surface area contributed by atoms with Crippen molar-refractivity contribution in [2.24, 2.45) is 7.05 Å². The number of hydrogen-bond donors (Lipinski definition) is 0. The van der Waals surface area contributed by atoms with Gasteiger partial charge >= 0.3 is 0 Å². The summed E-state index contributed by atoms with van der Waals surface area (Å²) in [5.41, 5.74) is 5.24. The summed E-state index contributed by atoms with van der Waals surface area (Å²) in [6.45, 7) is 3.04. The van der Waals surface area contributed by atoms with Crippen molar-refractivity contribution >= 4 is 28.7 Å². The third-order valence-electron chi connectivity index (χ3n) is 6.04. The van der Waals surface area contributed by atoms with Gasteiger partial charge in [0.15, 0.2) is 0 Å². The molecule has 0 spiro atoms. The number of anilines is 1. The molecule has 1 fully saturated rings. The minimum atomic E-state index is 0.0410. The number of pyridine rings is 2. The fraction of sp³-hybridized carbons (Fsp3) is 0.192. The molecule has 0 atom stereocenters. The van der Waals surface area contributed by atoms with Crippen LogP contribution in [-0.2, 0) is 11.8 Å². The number of carbonyl (C=O) groups excluding carboxylic acids is 1. The molecule has 0 radical (unpaired) electrons. The van der Waals surface area contributed by atoms with Crippen molar-refractivity contribution in [1.82, 2.24) is 19.4 Å². The molecule has 6 heteroatoms. The summed E-state index contributed by atoms with van der Waals surface area (Å²) in [5.74, 6) is 0.0410. The number of hydrogen-bond acceptors (Lipinski definition) is 4. The maximum atomic E-state index is 13.0. The Hall–Kier alpha value is -3.93. The largest absolute Gasteiger partial charge is 0.368 e. The highest BCUT2D eigenvalue weighted by molar-refractivity contribution is 6.00. The van der Waals surface area contributed by atoms with Gasteiger partial charge in [-0.1, -0.05) is 30.3 Å². The number of amides is 1. The van der Waals surface area contributed by atoms with Crippen LogP contribution in [0.25, 0.3) is 28.4 Å². The molecule has 160 valence electrons. The molecule has 1 aromatic carbocycles. The molecule has 0 N–H and O–H groups in total. The van der Waals surface area contributed by atoms with Gasteiger partial charge in [0.05, 0.1) is 5.69 Å². The summed E-state index contributed by atoms with van der Waals surface area (Å²) in [6.07, 6.45) is 9.07. The number of aryl methyl sites for hydroxylation is 1. The van der Waals surface area contributed by atoms with Gasteiger partial charge in [0.1, 0.15) is 5.65 Å². The first-order chi connectivity index (χ1) is 15.7. The van der Waals surface area contributed by atoms with E-state index in [1.807, 2.05) is 54.4 Å². The zero-order valence-corrected chi connectivity index (χ0v) is 18.1. The molecule has 4 aromatic rings. The van der Waals surface area contributed by atoms with Crippen LogP contribution >= 0.6 is 0 Å². The molecule has 0 bridgehead atoms. The van der Waals surface area contributed by atoms with Gasteiger partial charge in [0.2, 0.25) is 5.91 Å². The molecule has 0 unspecified atom stereocenters. The van der Waals surface area contributed by atoms with Gasteiger partial charge in [-0.15, -0.1) is 0 Å². The molecule has 1 aliphatic rings. The normalized spacial score (nSPS) is 14.4. The van der Waals surface area contributed by atoms with Crippen LogP contribution in [-0.4, -0.2) is 51.5 Å². The summed E-state index contributed by atoms with van der Waals surface area (Å²) in [7, 11) is 2.02. The average molecular weight is 424 g/mol. The number of aromatic nitrogens is 3. The van der Waals surface area contributed by atoms with Crippen LogP contribution in [0.3, 0.4) is 0 Å². The monoisotopic (exact) mass is 423 g/mol. The van der Waals surface area contributed by atoms with Crippen LogP contribution in [0, 0.1) is 0 Å². The second-order valence-electron chi connectivity index (χ2n) is 7.91. The second kappa shape index (κ2) is 8.67. The van der Waals surface area contributed by atoms with E-state index in [-0.39, 0.29) is 5.91 Å². The van der Waals surface area contributed by atoms with E-state index in [9.17, 15) is 4.79 Å². The fourth-order valence-electron chi connectivity index (χ4n) is 4.40. The van der Waals surface area contributed by atoms with Crippen molar-refractivity contribution in [1.29, 1.82) is 0 Å². The quantitative estimate of drug-likeness (QED) is 0.466. The molecule has 4 heterocycles. The van der Waals surface area contributed by atoms with Gasteiger partial charge in [-0.2, -0.15) is 0 Å². The van der Waals surface area contributed by atoms with E-state index in [0.29, 0.717) is 13.1 Å². The van der Waals surface area contributed by atoms with Crippen LogP contribution in [0.1, 0.15) is 5.56 Å². The van der Waals surface area contributed by atoms with Crippen LogP contribution in [0.4, 0.5) is 5.69 Å². The van der Waals surface area contributed by atoms with E-state index >= 15 is 0 Å². The zero-order chi connectivity index (χ0) is 21.9. The maximum Gasteiger partial charge on any atom is 0.246 e. The molecule has 5 rings (SSSR count). The van der Waals surface area contributed by atoms with Crippen molar-refractivity contribution in [3.8, 4) is 11.3 Å². The number of piperazine rings is 1. The first kappa shape index (κ1) is 20.0. The van der Waals surface area contributed by atoms with E-state index < -0.39 is 0 Å². The SMILES string of the molecule is Cn1c(-c2ccccc2)c(/C=C/C(=O)N2CCN(c3ccncc3)CC2)c2cccnc21. The Labute approximate surface area is 187 Å². The lowest BCUT2D eigenvalue weighted by atomic mass is 10.1. The first-order valence-electron chi connectivity index (χ1n) is 10.8. The lowest BCUT2D eigenvalue weighted by Crippen LogP contribution is -2.48. The lowest BCUT2D eigenvalue weighted by Gasteiger charge is -2.35. The molecule has 3 aromatic heterocycles. The fourth-order valence-corrected chi connectivity index (χ4v) is 4.40. The van der Waals surface area contributed by atoms with Gasteiger partial charge in [-0.3, -0.25) is 9.78 Å². The van der Waals surface area contributed by atoms with Gasteiger partial charge < -0.3 is 14.4 Å². The Balaban J connectivity index is 1.39. The summed E-state index contributed by atoms with van der Waals surface area (Å²) in [4.78, 5) is 25.8. The predicted molar refractivity (Wildman–Crippen MR) is 128 cm³/mol. The Morgan fingerprint density at radius 1 is 0.906 bits per heavy atom. The van der Waals surface area contributed by atoms with Gasteiger partial charge in [-0.25, -0.2) is 4.98 Å². The smallest absolute Gasteiger partial charge is 0.246 e. The molecule has 1 amide bonds. The van der Waals surface area contributed by atoms with Crippen molar-refractivity contribution in [3.63, 3.8) is 0 Å².